The van der Waals surface area contributed by atoms with Crippen LogP contribution in [0.15, 0.2) is 65.8 Å². The van der Waals surface area contributed by atoms with Crippen LogP contribution in [0.1, 0.15) is 25.3 Å². The predicted octanol–water partition coefficient (Wildman–Crippen LogP) is 4.22. The zero-order chi connectivity index (χ0) is 18.8. The summed E-state index contributed by atoms with van der Waals surface area (Å²) in [5.74, 6) is -0.499. The topological polar surface area (TPSA) is 70.6 Å². The van der Waals surface area contributed by atoms with Crippen LogP contribution < -0.4 is 10.7 Å². The summed E-state index contributed by atoms with van der Waals surface area (Å²) in [5.41, 5.74) is 4.91. The molecular weight excluding hydrogens is 441 g/mol. The van der Waals surface area contributed by atoms with E-state index in [1.165, 1.54) is 0 Å². The van der Waals surface area contributed by atoms with Gasteiger partial charge in [-0.25, -0.2) is 5.43 Å². The van der Waals surface area contributed by atoms with Crippen molar-refractivity contribution in [2.45, 2.75) is 19.8 Å². The molecule has 5 nitrogen and oxygen atoms in total. The maximum atomic E-state index is 11.9. The van der Waals surface area contributed by atoms with Crippen LogP contribution in [0.5, 0.6) is 0 Å². The van der Waals surface area contributed by atoms with Gasteiger partial charge in [0.05, 0.1) is 5.71 Å². The van der Waals surface area contributed by atoms with E-state index in [0.29, 0.717) is 5.71 Å². The van der Waals surface area contributed by atoms with Crippen molar-refractivity contribution in [3.8, 4) is 0 Å². The van der Waals surface area contributed by atoms with E-state index in [1.54, 1.807) is 6.92 Å². The smallest absolute Gasteiger partial charge is 0.240 e. The van der Waals surface area contributed by atoms with Crippen molar-refractivity contribution in [1.29, 1.82) is 0 Å². The fraction of sp³-hybridized carbons (Fsp3) is 0.150. The zero-order valence-corrected chi connectivity index (χ0v) is 16.6. The summed E-state index contributed by atoms with van der Waals surface area (Å²) < 4.78 is 1.09. The number of anilines is 1. The molecule has 0 bridgehead atoms. The Kier molecular flexibility index (Phi) is 8.01. The van der Waals surface area contributed by atoms with E-state index in [4.69, 9.17) is 0 Å². The first kappa shape index (κ1) is 19.8. The Morgan fingerprint density at radius 3 is 2.35 bits per heavy atom. The quantitative estimate of drug-likeness (QED) is 0.369. The maximum absolute atomic E-state index is 11.9. The SMILES string of the molecule is CC(C=Cc1ccccc1)=NNC(=O)CCC(=O)Nc1ccc(I)cc1. The summed E-state index contributed by atoms with van der Waals surface area (Å²) in [7, 11) is 0. The Morgan fingerprint density at radius 1 is 1.00 bits per heavy atom. The lowest BCUT2D eigenvalue weighted by Crippen LogP contribution is -2.21. The van der Waals surface area contributed by atoms with Crippen molar-refractivity contribution < 1.29 is 9.59 Å². The molecule has 0 aliphatic carbocycles. The highest BCUT2D eigenvalue weighted by Gasteiger charge is 2.06. The molecule has 2 N–H and O–H groups in total. The highest BCUT2D eigenvalue weighted by Crippen LogP contribution is 2.11. The van der Waals surface area contributed by atoms with Crippen LogP contribution in [-0.4, -0.2) is 17.5 Å². The van der Waals surface area contributed by atoms with Gasteiger partial charge < -0.3 is 5.32 Å². The first-order valence-corrected chi connectivity index (χ1v) is 9.22. The average Bonchev–Trinajstić information content (AvgIpc) is 2.65. The van der Waals surface area contributed by atoms with Gasteiger partial charge in [0.25, 0.3) is 0 Å². The van der Waals surface area contributed by atoms with E-state index in [1.807, 2.05) is 66.7 Å². The Hall–Kier alpha value is -2.48. The number of benzene rings is 2. The molecule has 0 radical (unpaired) electrons. The van der Waals surface area contributed by atoms with Crippen molar-refractivity contribution >= 4 is 51.9 Å². The molecule has 134 valence electrons. The standard InChI is InChI=1S/C20H20IN3O2/c1-15(7-8-16-5-3-2-4-6-16)23-24-20(26)14-13-19(25)22-18-11-9-17(21)10-12-18/h2-12H,13-14H2,1H3,(H,22,25)(H,24,26). The van der Waals surface area contributed by atoms with Gasteiger partial charge in [-0.05, 0) is 65.4 Å². The molecular formula is C20H20IN3O2. The van der Waals surface area contributed by atoms with E-state index >= 15 is 0 Å². The number of carbonyl (C=O) groups is 2. The molecule has 0 aliphatic heterocycles. The summed E-state index contributed by atoms with van der Waals surface area (Å²) in [5, 5.41) is 6.77. The van der Waals surface area contributed by atoms with Crippen LogP contribution in [0.4, 0.5) is 5.69 Å². The van der Waals surface area contributed by atoms with Crippen LogP contribution >= 0.6 is 22.6 Å². The van der Waals surface area contributed by atoms with Crippen LogP contribution in [0.3, 0.4) is 0 Å². The molecule has 2 aromatic rings. The lowest BCUT2D eigenvalue weighted by atomic mass is 10.2. The Morgan fingerprint density at radius 2 is 1.65 bits per heavy atom. The summed E-state index contributed by atoms with van der Waals surface area (Å²) in [6.45, 7) is 1.79. The summed E-state index contributed by atoms with van der Waals surface area (Å²) in [6.07, 6.45) is 3.92. The first-order chi connectivity index (χ1) is 12.5. The molecule has 2 amide bonds. The number of halogens is 1. The molecule has 0 aliphatic rings. The fourth-order valence-corrected chi connectivity index (χ4v) is 2.37. The molecule has 0 aromatic heterocycles. The minimum atomic E-state index is -0.296. The third kappa shape index (κ3) is 7.60. The molecule has 2 rings (SSSR count). The van der Waals surface area contributed by atoms with Crippen molar-refractivity contribution in [3.05, 3.63) is 69.8 Å². The van der Waals surface area contributed by atoms with E-state index < -0.39 is 0 Å². The second-order valence-corrected chi connectivity index (χ2v) is 6.83. The number of rotatable bonds is 7. The minimum Gasteiger partial charge on any atom is -0.326 e. The Bertz CT molecular complexity index is 800. The van der Waals surface area contributed by atoms with E-state index in [2.05, 4.69) is 38.4 Å². The van der Waals surface area contributed by atoms with E-state index in [0.717, 1.165) is 14.8 Å². The number of allylic oxidation sites excluding steroid dienone is 1. The van der Waals surface area contributed by atoms with Crippen LogP contribution in [0.2, 0.25) is 0 Å². The van der Waals surface area contributed by atoms with Gasteiger partial charge in [0.15, 0.2) is 0 Å². The molecule has 0 saturated heterocycles. The van der Waals surface area contributed by atoms with E-state index in [9.17, 15) is 9.59 Å². The van der Waals surface area contributed by atoms with Gasteiger partial charge in [0.2, 0.25) is 11.8 Å². The van der Waals surface area contributed by atoms with Crippen molar-refractivity contribution in [1.82, 2.24) is 5.43 Å². The summed E-state index contributed by atoms with van der Waals surface area (Å²) in [4.78, 5) is 23.7. The lowest BCUT2D eigenvalue weighted by Gasteiger charge is -2.05. The minimum absolute atomic E-state index is 0.0788. The monoisotopic (exact) mass is 461 g/mol. The van der Waals surface area contributed by atoms with Crippen LogP contribution in [0.25, 0.3) is 6.08 Å². The van der Waals surface area contributed by atoms with Gasteiger partial charge in [-0.2, -0.15) is 5.10 Å². The normalized spacial score (nSPS) is 11.4. The van der Waals surface area contributed by atoms with Gasteiger partial charge in [-0.1, -0.05) is 36.4 Å². The summed E-state index contributed by atoms with van der Waals surface area (Å²) >= 11 is 2.20. The molecule has 26 heavy (non-hydrogen) atoms. The third-order valence-electron chi connectivity index (χ3n) is 3.38. The van der Waals surface area contributed by atoms with Gasteiger partial charge >= 0.3 is 0 Å². The average molecular weight is 461 g/mol. The van der Waals surface area contributed by atoms with Crippen molar-refractivity contribution in [3.63, 3.8) is 0 Å². The molecule has 6 heteroatoms. The highest BCUT2D eigenvalue weighted by molar-refractivity contribution is 14.1. The Balaban J connectivity index is 1.73. The number of hydrogen-bond donors (Lipinski definition) is 2. The van der Waals surface area contributed by atoms with E-state index in [-0.39, 0.29) is 24.7 Å². The highest BCUT2D eigenvalue weighted by atomic mass is 127. The number of nitrogens with zero attached hydrogens (tertiary/aromatic N) is 1. The molecule has 0 saturated carbocycles. The molecule has 0 atom stereocenters. The first-order valence-electron chi connectivity index (χ1n) is 8.14. The lowest BCUT2D eigenvalue weighted by molar-refractivity contribution is -0.124. The molecule has 0 unspecified atom stereocenters. The molecule has 2 aromatic carbocycles. The van der Waals surface area contributed by atoms with Gasteiger partial charge in [0.1, 0.15) is 0 Å². The second kappa shape index (κ2) is 10.5. The second-order valence-electron chi connectivity index (χ2n) is 5.59. The fourth-order valence-electron chi connectivity index (χ4n) is 2.01. The number of carbonyl (C=O) groups excluding carboxylic acids is 2. The van der Waals surface area contributed by atoms with Crippen LogP contribution in [0, 0.1) is 3.57 Å². The summed E-state index contributed by atoms with van der Waals surface area (Å²) in [6, 6.07) is 17.3. The van der Waals surface area contributed by atoms with Crippen molar-refractivity contribution in [2.24, 2.45) is 5.10 Å². The largest absolute Gasteiger partial charge is 0.326 e. The van der Waals surface area contributed by atoms with Crippen molar-refractivity contribution in [2.75, 3.05) is 5.32 Å². The van der Waals surface area contributed by atoms with Crippen LogP contribution in [-0.2, 0) is 9.59 Å². The molecule has 0 spiro atoms. The third-order valence-corrected chi connectivity index (χ3v) is 4.10. The predicted molar refractivity (Wildman–Crippen MR) is 114 cm³/mol. The number of hydrazone groups is 1. The number of nitrogens with one attached hydrogen (secondary N) is 2. The number of amides is 2. The Labute approximate surface area is 166 Å². The maximum Gasteiger partial charge on any atom is 0.240 e. The van der Waals surface area contributed by atoms with Gasteiger partial charge in [-0.15, -0.1) is 0 Å². The molecule has 0 heterocycles. The zero-order valence-electron chi connectivity index (χ0n) is 14.4. The molecule has 0 fully saturated rings. The van der Waals surface area contributed by atoms with Gasteiger partial charge in [-0.3, -0.25) is 9.59 Å². The van der Waals surface area contributed by atoms with Gasteiger partial charge in [0, 0.05) is 22.1 Å². The number of hydrogen-bond acceptors (Lipinski definition) is 3.